The third-order valence-electron chi connectivity index (χ3n) is 5.90. The van der Waals surface area contributed by atoms with Crippen molar-refractivity contribution in [1.29, 1.82) is 0 Å². The highest BCUT2D eigenvalue weighted by Crippen LogP contribution is 2.40. The molecule has 0 radical (unpaired) electrons. The summed E-state index contributed by atoms with van der Waals surface area (Å²) in [6, 6.07) is 10.2. The second-order valence-electron chi connectivity index (χ2n) is 8.80. The Morgan fingerprint density at radius 3 is 2.68 bits per heavy atom. The van der Waals surface area contributed by atoms with Gasteiger partial charge in [0.15, 0.2) is 0 Å². The molecule has 0 aliphatic carbocycles. The van der Waals surface area contributed by atoms with E-state index >= 15 is 0 Å². The zero-order chi connectivity index (χ0) is 27.5. The predicted molar refractivity (Wildman–Crippen MR) is 135 cm³/mol. The topological polar surface area (TPSA) is 102 Å². The standard InChI is InChI=1S/C26H26F3N3O5S/c1-2-13-31-14-12-20(30-31)8-6-18-7-10-24-23(15-18)32(17-21(37-24)9-11-25(33)34)38(35,36)22-5-3-4-19(16-22)26(27,28)29/h3-8,10,12,14-16,21H,2,9,11,13,17H2,1H3,(H,33,34). The molecule has 12 heteroatoms. The molecule has 1 aliphatic rings. The van der Waals surface area contributed by atoms with Crippen molar-refractivity contribution in [3.63, 3.8) is 0 Å². The first kappa shape index (κ1) is 27.2. The molecule has 4 rings (SSSR count). The van der Waals surface area contributed by atoms with E-state index in [4.69, 9.17) is 9.84 Å². The summed E-state index contributed by atoms with van der Waals surface area (Å²) in [6.07, 6.45) is 0.519. The summed E-state index contributed by atoms with van der Waals surface area (Å²) in [5.74, 6) is -0.889. The van der Waals surface area contributed by atoms with Gasteiger partial charge in [-0.2, -0.15) is 18.3 Å². The number of anilines is 1. The zero-order valence-corrected chi connectivity index (χ0v) is 21.2. The van der Waals surface area contributed by atoms with E-state index in [1.165, 1.54) is 0 Å². The second kappa shape index (κ2) is 10.9. The van der Waals surface area contributed by atoms with Crippen molar-refractivity contribution in [3.8, 4) is 5.75 Å². The average Bonchev–Trinajstić information content (AvgIpc) is 3.33. The van der Waals surface area contributed by atoms with Gasteiger partial charge < -0.3 is 9.84 Å². The molecule has 1 unspecified atom stereocenters. The first-order valence-corrected chi connectivity index (χ1v) is 13.4. The number of aliphatic carboxylic acids is 1. The van der Waals surface area contributed by atoms with Gasteiger partial charge in [-0.1, -0.05) is 25.1 Å². The number of halogens is 3. The van der Waals surface area contributed by atoms with Gasteiger partial charge in [0, 0.05) is 19.2 Å². The number of sulfonamides is 1. The van der Waals surface area contributed by atoms with E-state index in [9.17, 15) is 26.4 Å². The molecular formula is C26H26F3N3O5S. The largest absolute Gasteiger partial charge is 0.486 e. The van der Waals surface area contributed by atoms with E-state index in [2.05, 4.69) is 5.10 Å². The fourth-order valence-electron chi connectivity index (χ4n) is 4.06. The molecule has 0 amide bonds. The van der Waals surface area contributed by atoms with Gasteiger partial charge in [0.05, 0.1) is 28.4 Å². The highest BCUT2D eigenvalue weighted by Gasteiger charge is 2.37. The molecule has 0 fully saturated rings. The summed E-state index contributed by atoms with van der Waals surface area (Å²) in [6.45, 7) is 2.56. The van der Waals surface area contributed by atoms with Crippen molar-refractivity contribution in [2.24, 2.45) is 0 Å². The molecule has 1 aliphatic heterocycles. The highest BCUT2D eigenvalue weighted by atomic mass is 32.2. The van der Waals surface area contributed by atoms with Crippen LogP contribution in [-0.4, -0.2) is 41.9 Å². The van der Waals surface area contributed by atoms with Crippen LogP contribution in [0, 0.1) is 0 Å². The Hall–Kier alpha value is -3.80. The van der Waals surface area contributed by atoms with Crippen molar-refractivity contribution < 1.29 is 36.2 Å². The van der Waals surface area contributed by atoms with Crippen molar-refractivity contribution in [2.75, 3.05) is 10.8 Å². The number of nitrogens with zero attached hydrogens (tertiary/aromatic N) is 3. The third-order valence-corrected chi connectivity index (χ3v) is 7.68. The Morgan fingerprint density at radius 2 is 1.97 bits per heavy atom. The van der Waals surface area contributed by atoms with E-state index in [0.29, 0.717) is 17.3 Å². The molecule has 38 heavy (non-hydrogen) atoms. The van der Waals surface area contributed by atoms with Gasteiger partial charge in [0.1, 0.15) is 11.9 Å². The molecule has 2 heterocycles. The Bertz CT molecular complexity index is 1450. The minimum absolute atomic E-state index is 0.0193. The minimum atomic E-state index is -4.72. The smallest absolute Gasteiger partial charge is 0.416 e. The molecule has 1 aromatic heterocycles. The normalized spacial score (nSPS) is 15.9. The number of carboxylic acid groups (broad SMARTS) is 1. The lowest BCUT2D eigenvalue weighted by Gasteiger charge is -2.35. The molecule has 1 atom stereocenters. The van der Waals surface area contributed by atoms with Crippen LogP contribution in [0.5, 0.6) is 5.75 Å². The van der Waals surface area contributed by atoms with Crippen LogP contribution in [0.1, 0.15) is 43.0 Å². The Balaban J connectivity index is 1.71. The number of carbonyl (C=O) groups is 1. The second-order valence-corrected chi connectivity index (χ2v) is 10.7. The molecule has 2 aromatic carbocycles. The summed E-state index contributed by atoms with van der Waals surface area (Å²) in [7, 11) is -4.45. The SMILES string of the molecule is CCCn1ccc(C=Cc2ccc3c(c2)N(S(=O)(=O)c2cccc(C(F)(F)F)c2)CC(CCC(=O)O)O3)n1. The monoisotopic (exact) mass is 549 g/mol. The van der Waals surface area contributed by atoms with Crippen molar-refractivity contribution >= 4 is 33.8 Å². The molecular weight excluding hydrogens is 523 g/mol. The van der Waals surface area contributed by atoms with E-state index in [1.54, 1.807) is 35.0 Å². The van der Waals surface area contributed by atoms with Crippen LogP contribution in [0.2, 0.25) is 0 Å². The lowest BCUT2D eigenvalue weighted by molar-refractivity contribution is -0.138. The maximum Gasteiger partial charge on any atom is 0.416 e. The van der Waals surface area contributed by atoms with Crippen LogP contribution in [-0.2, 0) is 27.5 Å². The molecule has 8 nitrogen and oxygen atoms in total. The number of fused-ring (bicyclic) bond motifs is 1. The molecule has 1 N–H and O–H groups in total. The van der Waals surface area contributed by atoms with E-state index in [-0.39, 0.29) is 30.8 Å². The average molecular weight is 550 g/mol. The number of aryl methyl sites for hydroxylation is 1. The summed E-state index contributed by atoms with van der Waals surface area (Å²) in [5, 5.41) is 13.5. The van der Waals surface area contributed by atoms with Crippen LogP contribution in [0.3, 0.4) is 0 Å². The number of aromatic nitrogens is 2. The number of alkyl halides is 3. The number of carboxylic acids is 1. The summed E-state index contributed by atoms with van der Waals surface area (Å²) >= 11 is 0. The van der Waals surface area contributed by atoms with Crippen LogP contribution in [0.4, 0.5) is 18.9 Å². The maximum absolute atomic E-state index is 13.6. The number of rotatable bonds is 9. The van der Waals surface area contributed by atoms with E-state index in [1.807, 2.05) is 19.2 Å². The van der Waals surface area contributed by atoms with Crippen LogP contribution >= 0.6 is 0 Å². The Labute approximate surface area is 218 Å². The first-order chi connectivity index (χ1) is 18.0. The van der Waals surface area contributed by atoms with Crippen molar-refractivity contribution in [3.05, 3.63) is 71.5 Å². The van der Waals surface area contributed by atoms with Crippen LogP contribution in [0.25, 0.3) is 12.2 Å². The number of benzene rings is 2. The van der Waals surface area contributed by atoms with Gasteiger partial charge >= 0.3 is 12.1 Å². The van der Waals surface area contributed by atoms with Gasteiger partial charge in [0.2, 0.25) is 0 Å². The molecule has 0 spiro atoms. The Kier molecular flexibility index (Phi) is 7.81. The molecule has 202 valence electrons. The quantitative estimate of drug-likeness (QED) is 0.389. The summed E-state index contributed by atoms with van der Waals surface area (Å²) < 4.78 is 75.8. The predicted octanol–water partition coefficient (Wildman–Crippen LogP) is 5.30. The number of hydrogen-bond acceptors (Lipinski definition) is 5. The lowest BCUT2D eigenvalue weighted by Crippen LogP contribution is -2.43. The van der Waals surface area contributed by atoms with E-state index in [0.717, 1.165) is 35.5 Å². The van der Waals surface area contributed by atoms with Gasteiger partial charge in [0.25, 0.3) is 10.0 Å². The summed E-state index contributed by atoms with van der Waals surface area (Å²) in [4.78, 5) is 10.6. The highest BCUT2D eigenvalue weighted by molar-refractivity contribution is 7.92. The fraction of sp³-hybridized carbons (Fsp3) is 0.308. The van der Waals surface area contributed by atoms with Gasteiger partial charge in [-0.15, -0.1) is 0 Å². The van der Waals surface area contributed by atoms with E-state index < -0.39 is 38.7 Å². The fourth-order valence-corrected chi connectivity index (χ4v) is 5.60. The van der Waals surface area contributed by atoms with Gasteiger partial charge in [-0.25, -0.2) is 8.42 Å². The number of hydrogen-bond donors (Lipinski definition) is 1. The van der Waals surface area contributed by atoms with Crippen LogP contribution < -0.4 is 9.04 Å². The maximum atomic E-state index is 13.6. The molecule has 0 bridgehead atoms. The summed E-state index contributed by atoms with van der Waals surface area (Å²) in [5.41, 5.74) is 0.376. The third kappa shape index (κ3) is 6.18. The van der Waals surface area contributed by atoms with Crippen LogP contribution in [0.15, 0.2) is 59.6 Å². The zero-order valence-electron chi connectivity index (χ0n) is 20.4. The van der Waals surface area contributed by atoms with Crippen molar-refractivity contribution in [1.82, 2.24) is 9.78 Å². The van der Waals surface area contributed by atoms with Gasteiger partial charge in [-0.05, 0) is 60.9 Å². The minimum Gasteiger partial charge on any atom is -0.486 e. The lowest BCUT2D eigenvalue weighted by atomic mass is 10.1. The van der Waals surface area contributed by atoms with Crippen molar-refractivity contribution in [2.45, 2.75) is 49.9 Å². The molecule has 0 saturated carbocycles. The first-order valence-electron chi connectivity index (χ1n) is 11.9. The van der Waals surface area contributed by atoms with Gasteiger partial charge in [-0.3, -0.25) is 13.8 Å². The molecule has 0 saturated heterocycles. The molecule has 3 aromatic rings. The number of ether oxygens (including phenoxy) is 1. The Morgan fingerprint density at radius 1 is 1.18 bits per heavy atom.